The van der Waals surface area contributed by atoms with Crippen LogP contribution in [0.3, 0.4) is 0 Å². The molecule has 0 atom stereocenters. The first-order chi connectivity index (χ1) is 5.27. The van der Waals surface area contributed by atoms with Crippen LogP contribution in [0.25, 0.3) is 0 Å². The van der Waals surface area contributed by atoms with E-state index in [0.717, 1.165) is 0 Å². The molecule has 4 heteroatoms. The van der Waals surface area contributed by atoms with E-state index < -0.39 is 5.92 Å². The van der Waals surface area contributed by atoms with Gasteiger partial charge in [-0.3, -0.25) is 0 Å². The highest BCUT2D eigenvalue weighted by Gasteiger charge is 2.29. The molecule has 0 rings (SSSR count). The van der Waals surface area contributed by atoms with Gasteiger partial charge in [0, 0.05) is 6.42 Å². The van der Waals surface area contributed by atoms with E-state index in [1.54, 1.807) is 7.05 Å². The van der Waals surface area contributed by atoms with Crippen molar-refractivity contribution in [2.45, 2.75) is 39.5 Å². The topological polar surface area (TPSA) is 12.0 Å². The van der Waals surface area contributed by atoms with Crippen LogP contribution in [0.1, 0.15) is 33.6 Å². The summed E-state index contributed by atoms with van der Waals surface area (Å²) in [6.45, 7) is 5.70. The second-order valence-electron chi connectivity index (χ2n) is 4.45. The first kappa shape index (κ1) is 15.6. The number of hydrogen-bond donors (Lipinski definition) is 1. The van der Waals surface area contributed by atoms with Crippen LogP contribution in [0.4, 0.5) is 8.78 Å². The molecule has 1 nitrogen and oxygen atoms in total. The smallest absolute Gasteiger partial charge is 0.260 e. The fraction of sp³-hybridized carbons (Fsp3) is 1.00. The number of hydrogen-bond acceptors (Lipinski definition) is 1. The Hall–Kier alpha value is 0.110. The van der Waals surface area contributed by atoms with Crippen LogP contribution in [0.15, 0.2) is 0 Å². The van der Waals surface area contributed by atoms with E-state index in [2.05, 4.69) is 5.32 Å². The summed E-state index contributed by atoms with van der Waals surface area (Å²) in [5.41, 5.74) is -0.00281. The number of alkyl halides is 2. The van der Waals surface area contributed by atoms with E-state index in [1.807, 2.05) is 20.8 Å². The molecule has 0 saturated carbocycles. The number of halogens is 3. The fourth-order valence-corrected chi connectivity index (χ4v) is 0.905. The maximum absolute atomic E-state index is 12.9. The van der Waals surface area contributed by atoms with Gasteiger partial charge < -0.3 is 5.32 Å². The van der Waals surface area contributed by atoms with Crippen LogP contribution < -0.4 is 5.32 Å². The highest BCUT2D eigenvalue weighted by Crippen LogP contribution is 2.28. The van der Waals surface area contributed by atoms with E-state index >= 15 is 0 Å². The Morgan fingerprint density at radius 3 is 1.85 bits per heavy atom. The highest BCUT2D eigenvalue weighted by molar-refractivity contribution is 5.85. The summed E-state index contributed by atoms with van der Waals surface area (Å²) < 4.78 is 25.8. The van der Waals surface area contributed by atoms with Crippen molar-refractivity contribution in [2.75, 3.05) is 13.6 Å². The molecule has 0 aromatic rings. The van der Waals surface area contributed by atoms with Crippen molar-refractivity contribution < 1.29 is 8.78 Å². The molecule has 0 amide bonds. The highest BCUT2D eigenvalue weighted by atomic mass is 35.5. The molecule has 13 heavy (non-hydrogen) atoms. The molecule has 1 N–H and O–H groups in total. The molecule has 0 aromatic heterocycles. The molecule has 0 fully saturated rings. The molecular formula is C9H20ClF2N. The first-order valence-corrected chi connectivity index (χ1v) is 4.29. The van der Waals surface area contributed by atoms with Crippen molar-refractivity contribution in [1.82, 2.24) is 5.32 Å². The third-order valence-corrected chi connectivity index (χ3v) is 1.68. The minimum atomic E-state index is -2.55. The van der Waals surface area contributed by atoms with Crippen molar-refractivity contribution in [3.05, 3.63) is 0 Å². The van der Waals surface area contributed by atoms with Crippen LogP contribution >= 0.6 is 12.4 Å². The second-order valence-corrected chi connectivity index (χ2v) is 4.45. The third-order valence-electron chi connectivity index (χ3n) is 1.68. The van der Waals surface area contributed by atoms with E-state index in [1.165, 1.54) is 0 Å². The van der Waals surface area contributed by atoms with Crippen molar-refractivity contribution in [3.63, 3.8) is 0 Å². The Morgan fingerprint density at radius 2 is 1.54 bits per heavy atom. The van der Waals surface area contributed by atoms with Gasteiger partial charge in [-0.05, 0) is 18.9 Å². The summed E-state index contributed by atoms with van der Waals surface area (Å²) in [6.07, 6.45) is 0.527. The van der Waals surface area contributed by atoms with E-state index in [-0.39, 0.29) is 30.8 Å². The zero-order valence-electron chi connectivity index (χ0n) is 8.79. The van der Waals surface area contributed by atoms with E-state index in [9.17, 15) is 8.78 Å². The van der Waals surface area contributed by atoms with E-state index in [4.69, 9.17) is 0 Å². The van der Waals surface area contributed by atoms with Gasteiger partial charge in [-0.15, -0.1) is 12.4 Å². The summed E-state index contributed by atoms with van der Waals surface area (Å²) in [5, 5.41) is 2.49. The van der Waals surface area contributed by atoms with Crippen LogP contribution in [-0.4, -0.2) is 19.5 Å². The first-order valence-electron chi connectivity index (χ1n) is 4.29. The van der Waals surface area contributed by atoms with Gasteiger partial charge in [0.25, 0.3) is 5.92 Å². The molecule has 0 saturated heterocycles. The average Bonchev–Trinajstić information content (AvgIpc) is 1.83. The van der Waals surface area contributed by atoms with Gasteiger partial charge in [-0.2, -0.15) is 0 Å². The van der Waals surface area contributed by atoms with Crippen LogP contribution in [0.5, 0.6) is 0 Å². The molecule has 0 aliphatic heterocycles. The van der Waals surface area contributed by atoms with Crippen molar-refractivity contribution in [2.24, 2.45) is 5.41 Å². The zero-order chi connectivity index (χ0) is 9.83. The standard InChI is InChI=1S/C9H19F2N.ClH/c1-8(2,3)5-6-9(10,11)7-12-4;/h12H,5-7H2,1-4H3;1H. The predicted octanol–water partition coefficient (Wildman–Crippen LogP) is 3.09. The molecular weight excluding hydrogens is 196 g/mol. The Labute approximate surface area is 85.7 Å². The van der Waals surface area contributed by atoms with Crippen molar-refractivity contribution in [1.29, 1.82) is 0 Å². The van der Waals surface area contributed by atoms with Crippen LogP contribution in [0, 0.1) is 5.41 Å². The van der Waals surface area contributed by atoms with E-state index in [0.29, 0.717) is 6.42 Å². The molecule has 0 spiro atoms. The number of nitrogens with one attached hydrogen (secondary N) is 1. The largest absolute Gasteiger partial charge is 0.314 e. The lowest BCUT2D eigenvalue weighted by Gasteiger charge is -2.22. The molecule has 0 unspecified atom stereocenters. The molecule has 0 heterocycles. The molecule has 0 bridgehead atoms. The van der Waals surface area contributed by atoms with Gasteiger partial charge in [0.05, 0.1) is 6.54 Å². The molecule has 0 aromatic carbocycles. The summed E-state index contributed by atoms with van der Waals surface area (Å²) in [6, 6.07) is 0. The van der Waals surface area contributed by atoms with Crippen molar-refractivity contribution in [3.8, 4) is 0 Å². The molecule has 0 aliphatic carbocycles. The Kier molecular flexibility index (Phi) is 6.90. The maximum Gasteiger partial charge on any atom is 0.260 e. The predicted molar refractivity (Wildman–Crippen MR) is 54.8 cm³/mol. The van der Waals surface area contributed by atoms with Gasteiger partial charge in [-0.1, -0.05) is 20.8 Å². The fourth-order valence-electron chi connectivity index (χ4n) is 0.905. The Morgan fingerprint density at radius 1 is 1.08 bits per heavy atom. The summed E-state index contributed by atoms with van der Waals surface area (Å²) in [7, 11) is 1.55. The Bertz CT molecular complexity index is 132. The number of rotatable bonds is 4. The molecule has 82 valence electrons. The van der Waals surface area contributed by atoms with Gasteiger partial charge >= 0.3 is 0 Å². The zero-order valence-corrected chi connectivity index (χ0v) is 9.60. The SMILES string of the molecule is CNCC(F)(F)CCC(C)(C)C.Cl. The molecule has 0 aliphatic rings. The normalized spacial score (nSPS) is 12.5. The lowest BCUT2D eigenvalue weighted by molar-refractivity contribution is -0.0140. The third kappa shape index (κ3) is 10.0. The van der Waals surface area contributed by atoms with Crippen molar-refractivity contribution >= 4 is 12.4 Å². The van der Waals surface area contributed by atoms with Crippen LogP contribution in [-0.2, 0) is 0 Å². The van der Waals surface area contributed by atoms with Gasteiger partial charge in [0.15, 0.2) is 0 Å². The van der Waals surface area contributed by atoms with Gasteiger partial charge in [0.1, 0.15) is 0 Å². The summed E-state index contributed by atoms with van der Waals surface area (Å²) >= 11 is 0. The maximum atomic E-state index is 12.9. The van der Waals surface area contributed by atoms with Gasteiger partial charge in [-0.25, -0.2) is 8.78 Å². The van der Waals surface area contributed by atoms with Crippen LogP contribution in [0.2, 0.25) is 0 Å². The average molecular weight is 216 g/mol. The quantitative estimate of drug-likeness (QED) is 0.760. The lowest BCUT2D eigenvalue weighted by atomic mass is 9.89. The second kappa shape index (κ2) is 5.76. The van der Waals surface area contributed by atoms with Gasteiger partial charge in [0.2, 0.25) is 0 Å². The minimum absolute atomic E-state index is 0. The lowest BCUT2D eigenvalue weighted by Crippen LogP contribution is -2.31. The Balaban J connectivity index is 0. The molecule has 0 radical (unpaired) electrons. The summed E-state index contributed by atoms with van der Waals surface area (Å²) in [4.78, 5) is 0. The summed E-state index contributed by atoms with van der Waals surface area (Å²) in [5.74, 6) is -2.55. The monoisotopic (exact) mass is 215 g/mol. The minimum Gasteiger partial charge on any atom is -0.314 e.